The minimum atomic E-state index is -0.352. The molecule has 5 nitrogen and oxygen atoms in total. The summed E-state index contributed by atoms with van der Waals surface area (Å²) in [5.74, 6) is 0.0398. The van der Waals surface area contributed by atoms with Gasteiger partial charge < -0.3 is 15.1 Å². The summed E-state index contributed by atoms with van der Waals surface area (Å²) >= 11 is 1.59. The number of nitrogens with zero attached hydrogens (tertiary/aromatic N) is 2. The number of likely N-dealkylation sites (N-methyl/N-ethyl adjacent to an activating group) is 1. The van der Waals surface area contributed by atoms with Gasteiger partial charge in [0.1, 0.15) is 6.04 Å². The zero-order valence-corrected chi connectivity index (χ0v) is 14.9. The highest BCUT2D eigenvalue weighted by Gasteiger charge is 2.35. The Morgan fingerprint density at radius 1 is 1.35 bits per heavy atom. The number of thioether (sulfide) groups is 1. The van der Waals surface area contributed by atoms with E-state index in [4.69, 9.17) is 0 Å². The highest BCUT2D eigenvalue weighted by Crippen LogP contribution is 2.26. The number of para-hydroxylation sites is 1. The summed E-state index contributed by atoms with van der Waals surface area (Å²) in [4.78, 5) is 29.5. The molecule has 1 aliphatic rings. The van der Waals surface area contributed by atoms with Crippen LogP contribution in [0.3, 0.4) is 0 Å². The fourth-order valence-electron chi connectivity index (χ4n) is 2.77. The number of benzene rings is 1. The first-order valence-electron chi connectivity index (χ1n) is 8.04. The van der Waals surface area contributed by atoms with Crippen LogP contribution < -0.4 is 5.32 Å². The number of nitrogens with one attached hydrogen (secondary N) is 1. The molecule has 1 saturated heterocycles. The zero-order chi connectivity index (χ0) is 16.8. The summed E-state index contributed by atoms with van der Waals surface area (Å²) in [7, 11) is 1.81. The van der Waals surface area contributed by atoms with Crippen LogP contribution in [0.15, 0.2) is 29.2 Å². The Balaban J connectivity index is 2.13. The Labute approximate surface area is 142 Å². The van der Waals surface area contributed by atoms with Gasteiger partial charge in [0, 0.05) is 25.0 Å². The van der Waals surface area contributed by atoms with Gasteiger partial charge >= 0.3 is 6.03 Å². The standard InChI is InChI=1S/C17H25N3O2S/c1-4-5-9-14-16(21)19(2)11-12-20(14)17(22)18-13-8-6-7-10-15(13)23-3/h6-8,10,14H,4-5,9,11-12H2,1-3H3,(H,18,22)/t14-/m0/s1. The van der Waals surface area contributed by atoms with E-state index in [2.05, 4.69) is 12.2 Å². The average Bonchev–Trinajstić information content (AvgIpc) is 2.56. The molecule has 1 heterocycles. The molecular formula is C17H25N3O2S. The molecule has 1 N–H and O–H groups in total. The Kier molecular flexibility index (Phi) is 6.33. The van der Waals surface area contributed by atoms with Gasteiger partial charge in [0.2, 0.25) is 5.91 Å². The molecule has 0 spiro atoms. The lowest BCUT2D eigenvalue weighted by Gasteiger charge is -2.39. The van der Waals surface area contributed by atoms with Gasteiger partial charge in [-0.3, -0.25) is 4.79 Å². The molecule has 126 valence electrons. The molecule has 0 unspecified atom stereocenters. The smallest absolute Gasteiger partial charge is 0.322 e. The van der Waals surface area contributed by atoms with E-state index in [1.165, 1.54) is 0 Å². The SMILES string of the molecule is CCCC[C@H]1C(=O)N(C)CCN1C(=O)Nc1ccccc1SC. The molecule has 1 aromatic rings. The van der Waals surface area contributed by atoms with E-state index < -0.39 is 0 Å². The predicted molar refractivity (Wildman–Crippen MR) is 94.9 cm³/mol. The molecule has 1 fully saturated rings. The second-order valence-corrected chi connectivity index (χ2v) is 6.59. The van der Waals surface area contributed by atoms with Crippen LogP contribution in [-0.4, -0.2) is 54.2 Å². The Bertz CT molecular complexity index is 565. The third-order valence-corrected chi connectivity index (χ3v) is 4.95. The van der Waals surface area contributed by atoms with E-state index >= 15 is 0 Å². The molecule has 3 amide bonds. The molecule has 0 aliphatic carbocycles. The number of piperazine rings is 1. The van der Waals surface area contributed by atoms with Crippen LogP contribution in [0.25, 0.3) is 0 Å². The lowest BCUT2D eigenvalue weighted by Crippen LogP contribution is -2.58. The van der Waals surface area contributed by atoms with Crippen molar-refractivity contribution in [3.05, 3.63) is 24.3 Å². The van der Waals surface area contributed by atoms with Gasteiger partial charge in [0.15, 0.2) is 0 Å². The third-order valence-electron chi connectivity index (χ3n) is 4.15. The van der Waals surface area contributed by atoms with Crippen LogP contribution in [0, 0.1) is 0 Å². The van der Waals surface area contributed by atoms with Crippen LogP contribution in [0.2, 0.25) is 0 Å². The highest BCUT2D eigenvalue weighted by atomic mass is 32.2. The number of urea groups is 1. The van der Waals surface area contributed by atoms with E-state index in [0.717, 1.165) is 29.8 Å². The normalized spacial score (nSPS) is 18.2. The summed E-state index contributed by atoms with van der Waals surface area (Å²) in [6.07, 6.45) is 4.65. The molecule has 6 heteroatoms. The van der Waals surface area contributed by atoms with Crippen molar-refractivity contribution < 1.29 is 9.59 Å². The van der Waals surface area contributed by atoms with E-state index in [0.29, 0.717) is 13.1 Å². The molecule has 0 saturated carbocycles. The van der Waals surface area contributed by atoms with E-state index in [-0.39, 0.29) is 18.0 Å². The average molecular weight is 335 g/mol. The lowest BCUT2D eigenvalue weighted by atomic mass is 10.0. The maximum absolute atomic E-state index is 12.7. The van der Waals surface area contributed by atoms with Crippen LogP contribution in [0.5, 0.6) is 0 Å². The van der Waals surface area contributed by atoms with Crippen molar-refractivity contribution in [2.45, 2.75) is 37.1 Å². The van der Waals surface area contributed by atoms with Crippen molar-refractivity contribution in [3.8, 4) is 0 Å². The second-order valence-electron chi connectivity index (χ2n) is 5.74. The number of unbranched alkanes of at least 4 members (excludes halogenated alkanes) is 1. The Morgan fingerprint density at radius 2 is 2.09 bits per heavy atom. The molecule has 0 bridgehead atoms. The van der Waals surface area contributed by atoms with Gasteiger partial charge in [-0.2, -0.15) is 0 Å². The first kappa shape index (κ1) is 17.7. The first-order chi connectivity index (χ1) is 11.1. The zero-order valence-electron chi connectivity index (χ0n) is 14.0. The lowest BCUT2D eigenvalue weighted by molar-refractivity contribution is -0.138. The van der Waals surface area contributed by atoms with E-state index in [9.17, 15) is 9.59 Å². The third kappa shape index (κ3) is 4.19. The topological polar surface area (TPSA) is 52.7 Å². The summed E-state index contributed by atoms with van der Waals surface area (Å²) < 4.78 is 0. The van der Waals surface area contributed by atoms with E-state index in [1.807, 2.05) is 30.5 Å². The minimum absolute atomic E-state index is 0.0398. The number of rotatable bonds is 5. The first-order valence-corrected chi connectivity index (χ1v) is 9.26. The summed E-state index contributed by atoms with van der Waals surface area (Å²) in [5.41, 5.74) is 0.797. The minimum Gasteiger partial charge on any atom is -0.342 e. The van der Waals surface area contributed by atoms with Crippen LogP contribution in [-0.2, 0) is 4.79 Å². The number of amides is 3. The van der Waals surface area contributed by atoms with Crippen LogP contribution in [0.4, 0.5) is 10.5 Å². The van der Waals surface area contributed by atoms with Crippen molar-refractivity contribution in [2.24, 2.45) is 0 Å². The van der Waals surface area contributed by atoms with Crippen molar-refractivity contribution in [3.63, 3.8) is 0 Å². The second kappa shape index (κ2) is 8.24. The number of hydrogen-bond donors (Lipinski definition) is 1. The molecule has 0 aromatic heterocycles. The van der Waals surface area contributed by atoms with Crippen molar-refractivity contribution in [2.75, 3.05) is 31.7 Å². The van der Waals surface area contributed by atoms with Gasteiger partial charge in [-0.1, -0.05) is 31.9 Å². The number of hydrogen-bond acceptors (Lipinski definition) is 3. The fourth-order valence-corrected chi connectivity index (χ4v) is 3.32. The highest BCUT2D eigenvalue weighted by molar-refractivity contribution is 7.98. The monoisotopic (exact) mass is 335 g/mol. The number of carbonyl (C=O) groups excluding carboxylic acids is 2. The molecule has 1 aliphatic heterocycles. The van der Waals surface area contributed by atoms with Crippen molar-refractivity contribution in [1.82, 2.24) is 9.80 Å². The molecule has 0 radical (unpaired) electrons. The number of carbonyl (C=O) groups is 2. The summed E-state index contributed by atoms with van der Waals surface area (Å²) in [6, 6.07) is 7.18. The van der Waals surface area contributed by atoms with Gasteiger partial charge in [-0.05, 0) is 24.8 Å². The van der Waals surface area contributed by atoms with Gasteiger partial charge in [-0.15, -0.1) is 11.8 Å². The number of anilines is 1. The van der Waals surface area contributed by atoms with E-state index in [1.54, 1.807) is 28.6 Å². The van der Waals surface area contributed by atoms with Crippen LogP contribution in [0.1, 0.15) is 26.2 Å². The Morgan fingerprint density at radius 3 is 2.78 bits per heavy atom. The molecular weight excluding hydrogens is 310 g/mol. The molecule has 1 aromatic carbocycles. The largest absolute Gasteiger partial charge is 0.342 e. The van der Waals surface area contributed by atoms with Gasteiger partial charge in [-0.25, -0.2) is 4.79 Å². The summed E-state index contributed by atoms with van der Waals surface area (Å²) in [6.45, 7) is 3.25. The van der Waals surface area contributed by atoms with Gasteiger partial charge in [0.25, 0.3) is 0 Å². The van der Waals surface area contributed by atoms with Crippen molar-refractivity contribution >= 4 is 29.4 Å². The van der Waals surface area contributed by atoms with Gasteiger partial charge in [0.05, 0.1) is 5.69 Å². The molecule has 1 atom stereocenters. The molecule has 23 heavy (non-hydrogen) atoms. The van der Waals surface area contributed by atoms with Crippen molar-refractivity contribution in [1.29, 1.82) is 0 Å². The predicted octanol–water partition coefficient (Wildman–Crippen LogP) is 3.27. The maximum atomic E-state index is 12.7. The maximum Gasteiger partial charge on any atom is 0.322 e. The fraction of sp³-hybridized carbons (Fsp3) is 0.529. The summed E-state index contributed by atoms with van der Waals surface area (Å²) in [5, 5.41) is 2.97. The quantitative estimate of drug-likeness (QED) is 0.840. The van der Waals surface area contributed by atoms with Crippen LogP contribution >= 0.6 is 11.8 Å². The Hall–Kier alpha value is -1.69. The molecule has 2 rings (SSSR count).